The first-order chi connectivity index (χ1) is 3.81. The maximum Gasteiger partial charge on any atom is 0.320 e. The molecule has 49 valence electrons. The number of aliphatic hydroxyl groups is 1. The molecule has 1 N–H and O–H groups in total. The summed E-state index contributed by atoms with van der Waals surface area (Å²) in [5, 5.41) is 8.09. The van der Waals surface area contributed by atoms with Crippen LogP contribution in [0.4, 0.5) is 0 Å². The minimum Gasteiger partial charge on any atom is -0.462 e. The van der Waals surface area contributed by atoms with Crippen LogP contribution in [0.5, 0.6) is 0 Å². The summed E-state index contributed by atoms with van der Waals surface area (Å²) in [7, 11) is 0. The number of esters is 1. The van der Waals surface area contributed by atoms with Gasteiger partial charge < -0.3 is 9.84 Å². The molecule has 0 saturated carbocycles. The Morgan fingerprint density at radius 3 is 2.56 bits per heavy atom. The van der Waals surface area contributed by atoms with Crippen molar-refractivity contribution in [2.24, 2.45) is 0 Å². The van der Waals surface area contributed by atoms with Gasteiger partial charge in [0.1, 0.15) is 12.5 Å². The van der Waals surface area contributed by atoms with Crippen molar-refractivity contribution in [3.63, 3.8) is 0 Å². The van der Waals surface area contributed by atoms with Crippen molar-refractivity contribution in [2.45, 2.75) is 0 Å². The maximum absolute atomic E-state index is 10.1. The van der Waals surface area contributed by atoms with Crippen LogP contribution in [0.1, 0.15) is 0 Å². The van der Waals surface area contributed by atoms with Crippen molar-refractivity contribution in [1.82, 2.24) is 0 Å². The van der Waals surface area contributed by atoms with Crippen molar-refractivity contribution >= 4 is 47.1 Å². The largest absolute Gasteiger partial charge is 0.462 e. The standard InChI is InChI=1S/C4H7ClO3.Na/c5-3-4(7)8-2-1-6;/h6H,1-3H2;. The smallest absolute Gasteiger partial charge is 0.320 e. The van der Waals surface area contributed by atoms with Crippen molar-refractivity contribution in [2.75, 3.05) is 19.1 Å². The number of alkyl halides is 1. The number of carbonyl (C=O) groups excluding carboxylic acids is 1. The summed E-state index contributed by atoms with van der Waals surface area (Å²) in [6, 6.07) is 0. The minimum atomic E-state index is -0.499. The van der Waals surface area contributed by atoms with Crippen LogP contribution in [-0.4, -0.2) is 59.7 Å². The Morgan fingerprint density at radius 2 is 2.22 bits per heavy atom. The summed E-state index contributed by atoms with van der Waals surface area (Å²) < 4.78 is 4.32. The third-order valence-corrected chi connectivity index (χ3v) is 0.682. The molecular weight excluding hydrogens is 154 g/mol. The third kappa shape index (κ3) is 8.72. The van der Waals surface area contributed by atoms with Gasteiger partial charge in [-0.05, 0) is 0 Å². The van der Waals surface area contributed by atoms with E-state index in [1.165, 1.54) is 0 Å². The number of carbonyl (C=O) groups is 1. The van der Waals surface area contributed by atoms with Crippen molar-refractivity contribution in [1.29, 1.82) is 0 Å². The Labute approximate surface area is 80.6 Å². The Morgan fingerprint density at radius 1 is 1.67 bits per heavy atom. The second-order valence-corrected chi connectivity index (χ2v) is 1.34. The third-order valence-electron chi connectivity index (χ3n) is 0.463. The van der Waals surface area contributed by atoms with Gasteiger partial charge in [-0.15, -0.1) is 11.6 Å². The fraction of sp³-hybridized carbons (Fsp3) is 0.750. The summed E-state index contributed by atoms with van der Waals surface area (Å²) in [4.78, 5) is 10.1. The number of hydrogen-bond donors (Lipinski definition) is 1. The van der Waals surface area contributed by atoms with Gasteiger partial charge in [-0.1, -0.05) is 0 Å². The van der Waals surface area contributed by atoms with E-state index in [0.29, 0.717) is 0 Å². The van der Waals surface area contributed by atoms with Gasteiger partial charge in [-0.3, -0.25) is 4.79 Å². The first-order valence-electron chi connectivity index (χ1n) is 2.13. The average molecular weight is 162 g/mol. The van der Waals surface area contributed by atoms with Crippen LogP contribution in [0.2, 0.25) is 0 Å². The SMILES string of the molecule is O=C(CCl)OCCO.[Na]. The van der Waals surface area contributed by atoms with Gasteiger partial charge in [0, 0.05) is 29.6 Å². The van der Waals surface area contributed by atoms with E-state index in [-0.39, 0.29) is 48.7 Å². The van der Waals surface area contributed by atoms with Crippen molar-refractivity contribution < 1.29 is 14.6 Å². The van der Waals surface area contributed by atoms with Gasteiger partial charge >= 0.3 is 5.97 Å². The van der Waals surface area contributed by atoms with Gasteiger partial charge in [-0.25, -0.2) is 0 Å². The summed E-state index contributed by atoms with van der Waals surface area (Å²) in [5.41, 5.74) is 0. The second kappa shape index (κ2) is 8.72. The molecule has 0 saturated heterocycles. The average Bonchev–Trinajstić information content (AvgIpc) is 1.83. The molecule has 0 aromatic heterocycles. The second-order valence-electron chi connectivity index (χ2n) is 1.08. The van der Waals surface area contributed by atoms with E-state index in [1.807, 2.05) is 0 Å². The van der Waals surface area contributed by atoms with E-state index < -0.39 is 5.97 Å². The van der Waals surface area contributed by atoms with Crippen LogP contribution in [0, 0.1) is 0 Å². The zero-order valence-electron chi connectivity index (χ0n) is 5.26. The molecule has 0 atom stereocenters. The molecule has 0 aromatic carbocycles. The summed E-state index contributed by atoms with van der Waals surface area (Å²) in [6.45, 7) is -0.117. The van der Waals surface area contributed by atoms with Crippen LogP contribution < -0.4 is 0 Å². The summed E-state index contributed by atoms with van der Waals surface area (Å²) >= 11 is 5.03. The molecule has 9 heavy (non-hydrogen) atoms. The van der Waals surface area contributed by atoms with E-state index >= 15 is 0 Å². The Bertz CT molecular complexity index is 78.2. The number of ether oxygens (including phenoxy) is 1. The van der Waals surface area contributed by atoms with E-state index in [1.54, 1.807) is 0 Å². The molecule has 0 bridgehead atoms. The number of halogens is 1. The van der Waals surface area contributed by atoms with Crippen molar-refractivity contribution in [3.8, 4) is 0 Å². The summed E-state index contributed by atoms with van der Waals surface area (Å²) in [6.07, 6.45) is 0. The molecule has 0 aromatic rings. The Kier molecular flexibility index (Phi) is 12.0. The van der Waals surface area contributed by atoms with Crippen molar-refractivity contribution in [3.05, 3.63) is 0 Å². The number of rotatable bonds is 3. The molecule has 0 unspecified atom stereocenters. The minimum absolute atomic E-state index is 0. The molecule has 0 fully saturated rings. The Hall–Kier alpha value is 0.720. The van der Waals surface area contributed by atoms with E-state index in [0.717, 1.165) is 0 Å². The molecule has 0 spiro atoms. The predicted molar refractivity (Wildman–Crippen MR) is 34.5 cm³/mol. The first-order valence-corrected chi connectivity index (χ1v) is 2.67. The molecule has 0 aliphatic carbocycles. The topological polar surface area (TPSA) is 46.5 Å². The zero-order chi connectivity index (χ0) is 6.41. The molecule has 0 amide bonds. The molecule has 0 rings (SSSR count). The van der Waals surface area contributed by atoms with Crippen LogP contribution in [0.15, 0.2) is 0 Å². The molecular formula is C4H7ClNaO3. The van der Waals surface area contributed by atoms with Crippen LogP contribution in [-0.2, 0) is 9.53 Å². The van der Waals surface area contributed by atoms with Crippen LogP contribution in [0.3, 0.4) is 0 Å². The molecule has 0 aliphatic rings. The van der Waals surface area contributed by atoms with Gasteiger partial charge in [-0.2, -0.15) is 0 Å². The molecule has 5 heteroatoms. The fourth-order valence-electron chi connectivity index (χ4n) is 0.198. The number of hydrogen-bond acceptors (Lipinski definition) is 3. The number of aliphatic hydroxyl groups excluding tert-OH is 1. The summed E-state index contributed by atoms with van der Waals surface area (Å²) in [5.74, 6) is -0.652. The van der Waals surface area contributed by atoms with Crippen LogP contribution >= 0.6 is 11.6 Å². The van der Waals surface area contributed by atoms with Gasteiger partial charge in [0.25, 0.3) is 0 Å². The molecule has 0 heterocycles. The Balaban J connectivity index is 0. The first kappa shape index (κ1) is 12.4. The van der Waals surface area contributed by atoms with E-state index in [4.69, 9.17) is 16.7 Å². The normalized spacial score (nSPS) is 7.78. The zero-order valence-corrected chi connectivity index (χ0v) is 8.02. The van der Waals surface area contributed by atoms with Gasteiger partial charge in [0.2, 0.25) is 0 Å². The van der Waals surface area contributed by atoms with Gasteiger partial charge in [0.05, 0.1) is 6.61 Å². The molecule has 3 nitrogen and oxygen atoms in total. The predicted octanol–water partition coefficient (Wildman–Crippen LogP) is -0.620. The maximum atomic E-state index is 10.1. The fourth-order valence-corrected chi connectivity index (χ4v) is 0.275. The van der Waals surface area contributed by atoms with Crippen LogP contribution in [0.25, 0.3) is 0 Å². The molecule has 0 aliphatic heterocycles. The molecule has 1 radical (unpaired) electrons. The van der Waals surface area contributed by atoms with E-state index in [9.17, 15) is 4.79 Å². The van der Waals surface area contributed by atoms with E-state index in [2.05, 4.69) is 4.74 Å². The quantitative estimate of drug-likeness (QED) is 0.341. The van der Waals surface area contributed by atoms with Gasteiger partial charge in [0.15, 0.2) is 0 Å². The monoisotopic (exact) mass is 161 g/mol.